The van der Waals surface area contributed by atoms with Crippen molar-refractivity contribution in [1.29, 1.82) is 0 Å². The van der Waals surface area contributed by atoms with Gasteiger partial charge in [-0.2, -0.15) is 0 Å². The van der Waals surface area contributed by atoms with Crippen LogP contribution in [0, 0.1) is 6.92 Å². The number of methoxy groups -OCH3 is 2. The fourth-order valence-corrected chi connectivity index (χ4v) is 3.65. The van der Waals surface area contributed by atoms with Gasteiger partial charge in [0.25, 0.3) is 0 Å². The third-order valence-electron chi connectivity index (χ3n) is 4.06. The molecule has 0 saturated carbocycles. The van der Waals surface area contributed by atoms with Crippen LogP contribution in [-0.4, -0.2) is 18.8 Å². The van der Waals surface area contributed by atoms with Gasteiger partial charge in [0.15, 0.2) is 4.80 Å². The molecule has 0 amide bonds. The fourth-order valence-electron chi connectivity index (χ4n) is 2.66. The number of benzene rings is 2. The lowest BCUT2D eigenvalue weighted by atomic mass is 10.1. The molecule has 25 heavy (non-hydrogen) atoms. The van der Waals surface area contributed by atoms with Crippen LogP contribution in [0.3, 0.4) is 0 Å². The Labute approximate surface area is 152 Å². The molecule has 0 spiro atoms. The predicted octanol–water partition coefficient (Wildman–Crippen LogP) is 4.79. The smallest absolute Gasteiger partial charge is 0.190 e. The highest BCUT2D eigenvalue weighted by molar-refractivity contribution is 7.07. The van der Waals surface area contributed by atoms with Crippen molar-refractivity contribution in [2.24, 2.45) is 4.99 Å². The highest BCUT2D eigenvalue weighted by atomic mass is 32.1. The van der Waals surface area contributed by atoms with E-state index in [9.17, 15) is 0 Å². The second-order valence-corrected chi connectivity index (χ2v) is 6.50. The average molecular weight is 354 g/mol. The van der Waals surface area contributed by atoms with Crippen molar-refractivity contribution in [3.8, 4) is 22.8 Å². The van der Waals surface area contributed by atoms with E-state index in [0.717, 1.165) is 22.8 Å². The summed E-state index contributed by atoms with van der Waals surface area (Å²) in [7, 11) is 3.29. The van der Waals surface area contributed by atoms with Gasteiger partial charge in [0.2, 0.25) is 0 Å². The summed E-state index contributed by atoms with van der Waals surface area (Å²) in [4.78, 5) is 5.77. The number of ether oxygens (including phenoxy) is 2. The van der Waals surface area contributed by atoms with Gasteiger partial charge in [-0.25, -0.2) is 4.99 Å². The van der Waals surface area contributed by atoms with Crippen LogP contribution in [0.1, 0.15) is 12.5 Å². The van der Waals surface area contributed by atoms with E-state index < -0.39 is 0 Å². The zero-order valence-corrected chi connectivity index (χ0v) is 15.8. The number of rotatable bonds is 5. The predicted molar refractivity (Wildman–Crippen MR) is 103 cm³/mol. The Kier molecular flexibility index (Phi) is 5.24. The Bertz CT molecular complexity index is 924. The molecule has 5 heteroatoms. The van der Waals surface area contributed by atoms with E-state index in [1.165, 1.54) is 16.8 Å². The molecule has 0 unspecified atom stereocenters. The summed E-state index contributed by atoms with van der Waals surface area (Å²) in [5.74, 6) is 1.46. The van der Waals surface area contributed by atoms with Crippen LogP contribution < -0.4 is 14.3 Å². The summed E-state index contributed by atoms with van der Waals surface area (Å²) < 4.78 is 12.9. The second kappa shape index (κ2) is 7.57. The second-order valence-electron chi connectivity index (χ2n) is 5.66. The summed E-state index contributed by atoms with van der Waals surface area (Å²) >= 11 is 1.63. The topological polar surface area (TPSA) is 35.8 Å². The Morgan fingerprint density at radius 1 is 1.04 bits per heavy atom. The van der Waals surface area contributed by atoms with Crippen LogP contribution in [0.15, 0.2) is 52.8 Å². The lowest BCUT2D eigenvalue weighted by Gasteiger charge is -2.08. The van der Waals surface area contributed by atoms with Crippen LogP contribution in [-0.2, 0) is 6.54 Å². The molecular formula is C20H22N2O2S. The first-order valence-corrected chi connectivity index (χ1v) is 9.06. The molecule has 0 atom stereocenters. The first-order valence-electron chi connectivity index (χ1n) is 8.18. The van der Waals surface area contributed by atoms with E-state index in [0.29, 0.717) is 5.75 Å². The van der Waals surface area contributed by atoms with Crippen LogP contribution >= 0.6 is 11.3 Å². The fraction of sp³-hybridized carbons (Fsp3) is 0.250. The molecule has 0 bridgehead atoms. The van der Waals surface area contributed by atoms with Crippen molar-refractivity contribution in [3.63, 3.8) is 0 Å². The number of hydrogen-bond acceptors (Lipinski definition) is 4. The lowest BCUT2D eigenvalue weighted by molar-refractivity contribution is 0.395. The van der Waals surface area contributed by atoms with Gasteiger partial charge >= 0.3 is 0 Å². The zero-order valence-electron chi connectivity index (χ0n) is 14.9. The molecule has 0 fully saturated rings. The highest BCUT2D eigenvalue weighted by Gasteiger charge is 2.09. The maximum Gasteiger partial charge on any atom is 0.190 e. The van der Waals surface area contributed by atoms with Crippen molar-refractivity contribution >= 4 is 17.0 Å². The van der Waals surface area contributed by atoms with Gasteiger partial charge in [0.1, 0.15) is 17.2 Å². The number of hydrogen-bond donors (Lipinski definition) is 0. The molecule has 0 N–H and O–H groups in total. The number of nitrogens with zero attached hydrogens (tertiary/aromatic N) is 2. The van der Waals surface area contributed by atoms with E-state index >= 15 is 0 Å². The van der Waals surface area contributed by atoms with Crippen molar-refractivity contribution < 1.29 is 9.47 Å². The molecular weight excluding hydrogens is 332 g/mol. The molecule has 1 aromatic heterocycles. The molecule has 3 rings (SSSR count). The third-order valence-corrected chi connectivity index (χ3v) is 4.93. The van der Waals surface area contributed by atoms with Gasteiger partial charge in [0, 0.05) is 18.0 Å². The van der Waals surface area contributed by atoms with E-state index in [1.807, 2.05) is 18.2 Å². The lowest BCUT2D eigenvalue weighted by Crippen LogP contribution is -2.14. The first-order chi connectivity index (χ1) is 12.2. The van der Waals surface area contributed by atoms with Crippen LogP contribution in [0.25, 0.3) is 11.3 Å². The summed E-state index contributed by atoms with van der Waals surface area (Å²) in [6.07, 6.45) is 0. The minimum absolute atomic E-state index is 0.701. The standard InChI is InChI=1S/C20H22N2O2S/c1-5-22-18(15-8-6-14(2)7-9-15)13-25-20(22)21-17-11-10-16(23-3)12-19(17)24-4/h6-13H,5H2,1-4H3. The van der Waals surface area contributed by atoms with Crippen LogP contribution in [0.4, 0.5) is 5.69 Å². The molecule has 0 saturated heterocycles. The van der Waals surface area contributed by atoms with Crippen molar-refractivity contribution in [1.82, 2.24) is 4.57 Å². The largest absolute Gasteiger partial charge is 0.497 e. The molecule has 0 aliphatic heterocycles. The SMILES string of the molecule is CCn1c(-c2ccc(C)cc2)csc1=Nc1ccc(OC)cc1OC. The van der Waals surface area contributed by atoms with E-state index in [2.05, 4.69) is 48.1 Å². The van der Waals surface area contributed by atoms with Gasteiger partial charge in [0.05, 0.1) is 19.9 Å². The molecule has 2 aromatic carbocycles. The van der Waals surface area contributed by atoms with Gasteiger partial charge in [-0.05, 0) is 31.5 Å². The molecule has 0 aliphatic rings. The Hall–Kier alpha value is -2.53. The molecule has 130 valence electrons. The van der Waals surface area contributed by atoms with Crippen molar-refractivity contribution in [3.05, 3.63) is 58.2 Å². The van der Waals surface area contributed by atoms with Gasteiger partial charge < -0.3 is 14.0 Å². The molecule has 3 aromatic rings. The van der Waals surface area contributed by atoms with Gasteiger partial charge in [-0.15, -0.1) is 11.3 Å². The van der Waals surface area contributed by atoms with E-state index in [4.69, 9.17) is 14.5 Å². The molecule has 0 aliphatic carbocycles. The van der Waals surface area contributed by atoms with Gasteiger partial charge in [-0.1, -0.05) is 29.8 Å². The average Bonchev–Trinajstić information content (AvgIpc) is 3.05. The van der Waals surface area contributed by atoms with E-state index in [1.54, 1.807) is 25.6 Å². The third kappa shape index (κ3) is 3.61. The van der Waals surface area contributed by atoms with Crippen LogP contribution in [0.2, 0.25) is 0 Å². The quantitative estimate of drug-likeness (QED) is 0.660. The number of thiazole rings is 1. The molecule has 4 nitrogen and oxygen atoms in total. The minimum Gasteiger partial charge on any atom is -0.497 e. The monoisotopic (exact) mass is 354 g/mol. The first kappa shape index (κ1) is 17.3. The minimum atomic E-state index is 0.701. The summed E-state index contributed by atoms with van der Waals surface area (Å²) in [5, 5.41) is 2.16. The maximum atomic E-state index is 5.46. The Morgan fingerprint density at radius 3 is 2.44 bits per heavy atom. The van der Waals surface area contributed by atoms with Crippen molar-refractivity contribution in [2.75, 3.05) is 14.2 Å². The van der Waals surface area contributed by atoms with E-state index in [-0.39, 0.29) is 0 Å². The number of aromatic nitrogens is 1. The summed E-state index contributed by atoms with van der Waals surface area (Å²) in [6, 6.07) is 14.2. The maximum absolute atomic E-state index is 5.46. The van der Waals surface area contributed by atoms with Gasteiger partial charge in [-0.3, -0.25) is 0 Å². The summed E-state index contributed by atoms with van der Waals surface area (Å²) in [6.45, 7) is 5.08. The molecule has 1 heterocycles. The Morgan fingerprint density at radius 2 is 1.80 bits per heavy atom. The normalized spacial score (nSPS) is 11.6. The molecule has 0 radical (unpaired) electrons. The van der Waals surface area contributed by atoms with Crippen molar-refractivity contribution in [2.45, 2.75) is 20.4 Å². The van der Waals surface area contributed by atoms with Crippen LogP contribution in [0.5, 0.6) is 11.5 Å². The number of aryl methyl sites for hydroxylation is 1. The summed E-state index contributed by atoms with van der Waals surface area (Å²) in [5.41, 5.74) is 4.43. The Balaban J connectivity index is 2.09. The zero-order chi connectivity index (χ0) is 17.8. The highest BCUT2D eigenvalue weighted by Crippen LogP contribution is 2.31.